The number of nitrogens with zero attached hydrogens (tertiary/aromatic N) is 2. The van der Waals surface area contributed by atoms with Crippen molar-refractivity contribution in [2.75, 3.05) is 31.7 Å². The van der Waals surface area contributed by atoms with Gasteiger partial charge in [0.25, 0.3) is 0 Å². The molecule has 0 aliphatic heterocycles. The van der Waals surface area contributed by atoms with Crippen molar-refractivity contribution in [2.45, 2.75) is 12.3 Å². The quantitative estimate of drug-likeness (QED) is 0.588. The van der Waals surface area contributed by atoms with Crippen LogP contribution in [-0.4, -0.2) is 31.8 Å². The Labute approximate surface area is 99.6 Å². The number of alkyl halides is 1. The Bertz CT molecular complexity index is 276. The van der Waals surface area contributed by atoms with Gasteiger partial charge in [-0.15, -0.1) is 0 Å². The number of halogens is 1. The number of rotatable bonds is 6. The van der Waals surface area contributed by atoms with Crippen LogP contribution in [0.15, 0.2) is 18.3 Å². The van der Waals surface area contributed by atoms with E-state index in [9.17, 15) is 0 Å². The number of pyridine rings is 1. The lowest BCUT2D eigenvalue weighted by atomic mass is 10.3. The van der Waals surface area contributed by atoms with Gasteiger partial charge in [0.1, 0.15) is 5.82 Å². The lowest BCUT2D eigenvalue weighted by Gasteiger charge is -2.17. The largest absolute Gasteiger partial charge is 0.380 e. The van der Waals surface area contributed by atoms with Crippen LogP contribution in [0.2, 0.25) is 0 Å². The highest BCUT2D eigenvalue weighted by molar-refractivity contribution is 9.08. The Hall–Kier alpha value is -0.610. The van der Waals surface area contributed by atoms with E-state index >= 15 is 0 Å². The van der Waals surface area contributed by atoms with Crippen LogP contribution >= 0.6 is 15.9 Å². The van der Waals surface area contributed by atoms with E-state index in [1.807, 2.05) is 26.2 Å². The predicted octanol–water partition coefficient (Wildman–Crippen LogP) is 2.45. The maximum absolute atomic E-state index is 5.29. The van der Waals surface area contributed by atoms with Gasteiger partial charge in [0.05, 0.1) is 6.61 Å². The average molecular weight is 273 g/mol. The zero-order valence-corrected chi connectivity index (χ0v) is 10.8. The van der Waals surface area contributed by atoms with Crippen molar-refractivity contribution in [1.82, 2.24) is 4.98 Å². The molecule has 0 fully saturated rings. The van der Waals surface area contributed by atoms with Crippen molar-refractivity contribution < 1.29 is 4.74 Å². The predicted molar refractivity (Wildman–Crippen MR) is 66.6 cm³/mol. The smallest absolute Gasteiger partial charge is 0.128 e. The van der Waals surface area contributed by atoms with Gasteiger partial charge in [-0.3, -0.25) is 0 Å². The zero-order valence-electron chi connectivity index (χ0n) is 9.24. The minimum Gasteiger partial charge on any atom is -0.380 e. The summed E-state index contributed by atoms with van der Waals surface area (Å²) in [6.07, 6.45) is 1.89. The number of likely N-dealkylation sites (N-methyl/N-ethyl adjacent to an activating group) is 1. The van der Waals surface area contributed by atoms with Crippen LogP contribution in [0.1, 0.15) is 12.5 Å². The summed E-state index contributed by atoms with van der Waals surface area (Å²) in [6, 6.07) is 4.11. The standard InChI is InChI=1S/C11H17BrN2O/c1-3-15-7-6-14(2)11-5-4-10(8-12)9-13-11/h4-5,9H,3,6-8H2,1-2H3. The van der Waals surface area contributed by atoms with E-state index in [-0.39, 0.29) is 0 Å². The molecular formula is C11H17BrN2O. The van der Waals surface area contributed by atoms with Gasteiger partial charge < -0.3 is 9.64 Å². The fourth-order valence-corrected chi connectivity index (χ4v) is 1.51. The van der Waals surface area contributed by atoms with Gasteiger partial charge in [0.15, 0.2) is 0 Å². The fourth-order valence-electron chi connectivity index (χ4n) is 1.18. The van der Waals surface area contributed by atoms with Crippen LogP contribution in [0.25, 0.3) is 0 Å². The SMILES string of the molecule is CCOCCN(C)c1ccc(CBr)cn1. The van der Waals surface area contributed by atoms with Crippen LogP contribution < -0.4 is 4.90 Å². The molecular weight excluding hydrogens is 256 g/mol. The summed E-state index contributed by atoms with van der Waals surface area (Å²) in [5, 5.41) is 0.850. The molecule has 0 saturated heterocycles. The molecule has 1 aromatic rings. The molecule has 3 nitrogen and oxygen atoms in total. The Kier molecular flexibility index (Phi) is 5.65. The lowest BCUT2D eigenvalue weighted by molar-refractivity contribution is 0.154. The van der Waals surface area contributed by atoms with E-state index in [1.165, 1.54) is 5.56 Å². The third kappa shape index (κ3) is 4.18. The molecule has 0 bridgehead atoms. The first kappa shape index (κ1) is 12.5. The maximum atomic E-state index is 5.29. The second kappa shape index (κ2) is 6.80. The molecule has 0 N–H and O–H groups in total. The Morgan fingerprint density at radius 1 is 1.47 bits per heavy atom. The molecule has 0 aliphatic carbocycles. The first-order chi connectivity index (χ1) is 7.27. The normalized spacial score (nSPS) is 10.3. The molecule has 1 heterocycles. The lowest BCUT2D eigenvalue weighted by Crippen LogP contribution is -2.23. The molecule has 0 spiro atoms. The van der Waals surface area contributed by atoms with Crippen LogP contribution in [0.4, 0.5) is 5.82 Å². The second-order valence-corrected chi connectivity index (χ2v) is 3.84. The van der Waals surface area contributed by atoms with E-state index in [0.29, 0.717) is 0 Å². The molecule has 15 heavy (non-hydrogen) atoms. The van der Waals surface area contributed by atoms with Gasteiger partial charge >= 0.3 is 0 Å². The number of anilines is 1. The van der Waals surface area contributed by atoms with E-state index in [2.05, 4.69) is 31.9 Å². The minimum absolute atomic E-state index is 0.745. The van der Waals surface area contributed by atoms with E-state index in [1.54, 1.807) is 0 Å². The molecule has 84 valence electrons. The molecule has 4 heteroatoms. The Balaban J connectivity index is 2.46. The minimum atomic E-state index is 0.745. The summed E-state index contributed by atoms with van der Waals surface area (Å²) in [5.41, 5.74) is 1.19. The first-order valence-corrected chi connectivity index (χ1v) is 6.19. The van der Waals surface area contributed by atoms with Crippen molar-refractivity contribution in [1.29, 1.82) is 0 Å². The van der Waals surface area contributed by atoms with Crippen LogP contribution in [0, 0.1) is 0 Å². The first-order valence-electron chi connectivity index (χ1n) is 5.07. The highest BCUT2D eigenvalue weighted by atomic mass is 79.9. The van der Waals surface area contributed by atoms with Gasteiger partial charge in [0, 0.05) is 31.7 Å². The highest BCUT2D eigenvalue weighted by Gasteiger charge is 2.01. The van der Waals surface area contributed by atoms with Crippen molar-refractivity contribution in [3.05, 3.63) is 23.9 Å². The number of aromatic nitrogens is 1. The Morgan fingerprint density at radius 3 is 2.80 bits per heavy atom. The third-order valence-corrected chi connectivity index (χ3v) is 2.78. The second-order valence-electron chi connectivity index (χ2n) is 3.28. The molecule has 0 saturated carbocycles. The monoisotopic (exact) mass is 272 g/mol. The number of ether oxygens (including phenoxy) is 1. The van der Waals surface area contributed by atoms with Crippen LogP contribution in [-0.2, 0) is 10.1 Å². The van der Waals surface area contributed by atoms with Gasteiger partial charge in [-0.25, -0.2) is 4.98 Å². The van der Waals surface area contributed by atoms with E-state index in [0.717, 1.165) is 30.9 Å². The highest BCUT2D eigenvalue weighted by Crippen LogP contribution is 2.11. The molecule has 0 amide bonds. The summed E-state index contributed by atoms with van der Waals surface area (Å²) < 4.78 is 5.29. The zero-order chi connectivity index (χ0) is 11.1. The van der Waals surface area contributed by atoms with Gasteiger partial charge in [-0.1, -0.05) is 22.0 Å². The average Bonchev–Trinajstić information content (AvgIpc) is 2.29. The number of hydrogen-bond donors (Lipinski definition) is 0. The van der Waals surface area contributed by atoms with Crippen LogP contribution in [0.3, 0.4) is 0 Å². The maximum Gasteiger partial charge on any atom is 0.128 e. The molecule has 0 radical (unpaired) electrons. The van der Waals surface area contributed by atoms with Crippen molar-refractivity contribution in [3.63, 3.8) is 0 Å². The molecule has 0 atom stereocenters. The summed E-state index contributed by atoms with van der Waals surface area (Å²) >= 11 is 3.40. The van der Waals surface area contributed by atoms with Gasteiger partial charge in [-0.2, -0.15) is 0 Å². The van der Waals surface area contributed by atoms with E-state index < -0.39 is 0 Å². The third-order valence-electron chi connectivity index (χ3n) is 2.13. The summed E-state index contributed by atoms with van der Waals surface area (Å²) in [5.74, 6) is 0.986. The topological polar surface area (TPSA) is 25.4 Å². The summed E-state index contributed by atoms with van der Waals surface area (Å²) in [4.78, 5) is 6.46. The Morgan fingerprint density at radius 2 is 2.27 bits per heavy atom. The summed E-state index contributed by atoms with van der Waals surface area (Å²) in [7, 11) is 2.02. The molecule has 0 aromatic carbocycles. The van der Waals surface area contributed by atoms with E-state index in [4.69, 9.17) is 4.74 Å². The van der Waals surface area contributed by atoms with Crippen molar-refractivity contribution in [3.8, 4) is 0 Å². The van der Waals surface area contributed by atoms with Gasteiger partial charge in [-0.05, 0) is 18.6 Å². The van der Waals surface area contributed by atoms with Gasteiger partial charge in [0.2, 0.25) is 0 Å². The molecule has 1 aromatic heterocycles. The van der Waals surface area contributed by atoms with Crippen LogP contribution in [0.5, 0.6) is 0 Å². The fraction of sp³-hybridized carbons (Fsp3) is 0.545. The number of hydrogen-bond acceptors (Lipinski definition) is 3. The molecule has 1 rings (SSSR count). The summed E-state index contributed by atoms with van der Waals surface area (Å²) in [6.45, 7) is 4.39. The molecule has 0 aliphatic rings. The van der Waals surface area contributed by atoms with Crippen molar-refractivity contribution >= 4 is 21.7 Å². The molecule has 0 unspecified atom stereocenters. The van der Waals surface area contributed by atoms with Crippen molar-refractivity contribution in [2.24, 2.45) is 0 Å².